The smallest absolute Gasteiger partial charge is 0.307 e. The number of aliphatic carboxylic acids is 1. The Kier molecular flexibility index (Phi) is 7.68. The first-order valence-electron chi connectivity index (χ1n) is 6.83. The average Bonchev–Trinajstić information content (AvgIpc) is 2.31. The van der Waals surface area contributed by atoms with E-state index in [1.807, 2.05) is 14.1 Å². The Morgan fingerprint density at radius 1 is 1.11 bits per heavy atom. The van der Waals surface area contributed by atoms with E-state index in [0.29, 0.717) is 12.5 Å². The molecule has 0 spiro atoms. The molecule has 1 amide bonds. The second kappa shape index (κ2) is 8.15. The first-order chi connectivity index (χ1) is 8.66. The van der Waals surface area contributed by atoms with Crippen LogP contribution in [0.2, 0.25) is 0 Å². The van der Waals surface area contributed by atoms with Gasteiger partial charge in [0, 0.05) is 18.5 Å². The maximum absolute atomic E-state index is 11.9. The van der Waals surface area contributed by atoms with Gasteiger partial charge in [-0.1, -0.05) is 27.7 Å². The number of carbonyl (C=O) groups excluding carboxylic acids is 1. The summed E-state index contributed by atoms with van der Waals surface area (Å²) in [6.07, 6.45) is 0.996. The molecular weight excluding hydrogens is 244 g/mol. The van der Waals surface area contributed by atoms with E-state index in [1.54, 1.807) is 13.8 Å². The molecule has 0 aromatic rings. The van der Waals surface area contributed by atoms with E-state index in [4.69, 9.17) is 5.11 Å². The van der Waals surface area contributed by atoms with Crippen molar-refractivity contribution in [2.75, 3.05) is 20.6 Å². The predicted octanol–water partition coefficient (Wildman–Crippen LogP) is 1.44. The molecule has 0 aliphatic rings. The molecule has 112 valence electrons. The highest BCUT2D eigenvalue weighted by molar-refractivity contribution is 5.84. The molecular formula is C14H28N2O3. The first-order valence-corrected chi connectivity index (χ1v) is 6.83. The van der Waals surface area contributed by atoms with Crippen LogP contribution in [0.4, 0.5) is 0 Å². The van der Waals surface area contributed by atoms with Crippen molar-refractivity contribution in [1.29, 1.82) is 0 Å². The Hall–Kier alpha value is -1.10. The number of carboxylic acids is 1. The Labute approximate surface area is 116 Å². The normalized spacial score (nSPS) is 16.2. The summed E-state index contributed by atoms with van der Waals surface area (Å²) >= 11 is 0. The van der Waals surface area contributed by atoms with Crippen LogP contribution in [0.15, 0.2) is 0 Å². The Morgan fingerprint density at radius 2 is 1.63 bits per heavy atom. The summed E-state index contributed by atoms with van der Waals surface area (Å²) in [7, 11) is 3.98. The number of carbonyl (C=O) groups is 2. The summed E-state index contributed by atoms with van der Waals surface area (Å²) in [6, 6.07) is 0.274. The standard InChI is InChI=1S/C14H28N2O3/c1-9(2)7-12(16(5)6)8-15-13(17)10(3)11(4)14(18)19/h9-12H,7-8H2,1-6H3,(H,15,17)(H,18,19). The van der Waals surface area contributed by atoms with Gasteiger partial charge in [-0.25, -0.2) is 0 Å². The van der Waals surface area contributed by atoms with E-state index in [2.05, 4.69) is 24.1 Å². The minimum atomic E-state index is -0.936. The molecule has 2 N–H and O–H groups in total. The summed E-state index contributed by atoms with van der Waals surface area (Å²) in [5.41, 5.74) is 0. The molecule has 0 aliphatic carbocycles. The van der Waals surface area contributed by atoms with E-state index in [0.717, 1.165) is 6.42 Å². The van der Waals surface area contributed by atoms with Gasteiger partial charge in [-0.05, 0) is 26.4 Å². The molecule has 0 heterocycles. The van der Waals surface area contributed by atoms with Gasteiger partial charge in [-0.2, -0.15) is 0 Å². The molecule has 19 heavy (non-hydrogen) atoms. The molecule has 0 rings (SSSR count). The van der Waals surface area contributed by atoms with E-state index in [9.17, 15) is 9.59 Å². The molecule has 5 heteroatoms. The molecule has 0 aliphatic heterocycles. The van der Waals surface area contributed by atoms with Gasteiger partial charge in [0.25, 0.3) is 0 Å². The van der Waals surface area contributed by atoms with Crippen LogP contribution in [-0.4, -0.2) is 48.6 Å². The molecule has 0 radical (unpaired) electrons. The summed E-state index contributed by atoms with van der Waals surface area (Å²) in [4.78, 5) is 24.8. The lowest BCUT2D eigenvalue weighted by molar-refractivity contribution is -0.146. The quantitative estimate of drug-likeness (QED) is 0.701. The van der Waals surface area contributed by atoms with Crippen LogP contribution in [0.5, 0.6) is 0 Å². The number of rotatable bonds is 8. The lowest BCUT2D eigenvalue weighted by Gasteiger charge is -2.27. The van der Waals surface area contributed by atoms with Crippen LogP contribution >= 0.6 is 0 Å². The predicted molar refractivity (Wildman–Crippen MR) is 75.9 cm³/mol. The van der Waals surface area contributed by atoms with Gasteiger partial charge in [0.15, 0.2) is 0 Å². The minimum Gasteiger partial charge on any atom is -0.481 e. The summed E-state index contributed by atoms with van der Waals surface area (Å²) < 4.78 is 0. The number of likely N-dealkylation sites (N-methyl/N-ethyl adjacent to an activating group) is 1. The number of nitrogens with one attached hydrogen (secondary N) is 1. The minimum absolute atomic E-state index is 0.189. The molecule has 5 nitrogen and oxygen atoms in total. The molecule has 0 fully saturated rings. The lowest BCUT2D eigenvalue weighted by atomic mass is 9.95. The summed E-state index contributed by atoms with van der Waals surface area (Å²) in [5.74, 6) is -1.75. The monoisotopic (exact) mass is 272 g/mol. The second-order valence-corrected chi connectivity index (χ2v) is 5.91. The maximum atomic E-state index is 11.9. The zero-order valence-electron chi connectivity index (χ0n) is 12.9. The molecule has 0 aromatic heterocycles. The fourth-order valence-corrected chi connectivity index (χ4v) is 1.84. The molecule has 0 saturated carbocycles. The Morgan fingerprint density at radius 3 is 2.00 bits per heavy atom. The van der Waals surface area contributed by atoms with Crippen molar-refractivity contribution >= 4 is 11.9 Å². The number of carboxylic acid groups (broad SMARTS) is 1. The molecule has 3 unspecified atom stereocenters. The van der Waals surface area contributed by atoms with E-state index < -0.39 is 17.8 Å². The first kappa shape index (κ1) is 17.9. The van der Waals surface area contributed by atoms with E-state index in [1.165, 1.54) is 0 Å². The van der Waals surface area contributed by atoms with Crippen LogP contribution < -0.4 is 5.32 Å². The highest BCUT2D eigenvalue weighted by Crippen LogP contribution is 2.12. The van der Waals surface area contributed by atoms with Crippen molar-refractivity contribution in [1.82, 2.24) is 10.2 Å². The fourth-order valence-electron chi connectivity index (χ4n) is 1.84. The van der Waals surface area contributed by atoms with Gasteiger partial charge < -0.3 is 15.3 Å². The average molecular weight is 272 g/mol. The van der Waals surface area contributed by atoms with Gasteiger partial charge >= 0.3 is 5.97 Å². The van der Waals surface area contributed by atoms with Gasteiger partial charge in [0.2, 0.25) is 5.91 Å². The third-order valence-electron chi connectivity index (χ3n) is 3.54. The van der Waals surface area contributed by atoms with E-state index >= 15 is 0 Å². The van der Waals surface area contributed by atoms with Crippen LogP contribution in [0.25, 0.3) is 0 Å². The summed E-state index contributed by atoms with van der Waals surface area (Å²) in [6.45, 7) is 8.06. The van der Waals surface area contributed by atoms with Crippen LogP contribution in [0.3, 0.4) is 0 Å². The van der Waals surface area contributed by atoms with Gasteiger partial charge in [0.1, 0.15) is 0 Å². The molecule has 0 bridgehead atoms. The topological polar surface area (TPSA) is 69.6 Å². The molecule has 0 saturated heterocycles. The van der Waals surface area contributed by atoms with Gasteiger partial charge in [-0.3, -0.25) is 9.59 Å². The Bertz CT molecular complexity index is 303. The van der Waals surface area contributed by atoms with Crippen molar-refractivity contribution < 1.29 is 14.7 Å². The third-order valence-corrected chi connectivity index (χ3v) is 3.54. The number of amides is 1. The number of nitrogens with zero attached hydrogens (tertiary/aromatic N) is 1. The summed E-state index contributed by atoms with van der Waals surface area (Å²) in [5, 5.41) is 11.8. The van der Waals surface area contributed by atoms with Gasteiger partial charge in [-0.15, -0.1) is 0 Å². The maximum Gasteiger partial charge on any atom is 0.307 e. The van der Waals surface area contributed by atoms with Crippen LogP contribution in [0.1, 0.15) is 34.1 Å². The molecule has 3 atom stereocenters. The SMILES string of the molecule is CC(C)CC(CNC(=O)C(C)C(C)C(=O)O)N(C)C. The number of hydrogen-bond donors (Lipinski definition) is 2. The highest BCUT2D eigenvalue weighted by Gasteiger charge is 2.26. The van der Waals surface area contributed by atoms with Crippen molar-refractivity contribution in [3.63, 3.8) is 0 Å². The zero-order valence-corrected chi connectivity index (χ0v) is 12.9. The van der Waals surface area contributed by atoms with E-state index in [-0.39, 0.29) is 11.9 Å². The Balaban J connectivity index is 4.36. The molecule has 0 aromatic carbocycles. The fraction of sp³-hybridized carbons (Fsp3) is 0.857. The lowest BCUT2D eigenvalue weighted by Crippen LogP contribution is -2.44. The van der Waals surface area contributed by atoms with Crippen molar-refractivity contribution in [3.8, 4) is 0 Å². The van der Waals surface area contributed by atoms with Crippen LogP contribution in [0, 0.1) is 17.8 Å². The van der Waals surface area contributed by atoms with Crippen LogP contribution in [-0.2, 0) is 9.59 Å². The largest absolute Gasteiger partial charge is 0.481 e. The number of hydrogen-bond acceptors (Lipinski definition) is 3. The highest BCUT2D eigenvalue weighted by atomic mass is 16.4. The second-order valence-electron chi connectivity index (χ2n) is 5.91. The third kappa shape index (κ3) is 6.57. The zero-order chi connectivity index (χ0) is 15.2. The van der Waals surface area contributed by atoms with Crippen molar-refractivity contribution in [2.45, 2.75) is 40.2 Å². The van der Waals surface area contributed by atoms with Crippen molar-refractivity contribution in [3.05, 3.63) is 0 Å². The van der Waals surface area contributed by atoms with Crippen molar-refractivity contribution in [2.24, 2.45) is 17.8 Å². The van der Waals surface area contributed by atoms with Gasteiger partial charge in [0.05, 0.1) is 5.92 Å².